The van der Waals surface area contributed by atoms with Crippen LogP contribution in [0.4, 0.5) is 11.4 Å². The summed E-state index contributed by atoms with van der Waals surface area (Å²) in [6.07, 6.45) is 2.84. The van der Waals surface area contributed by atoms with Crippen LogP contribution in [0.25, 0.3) is 6.08 Å². The average Bonchev–Trinajstić information content (AvgIpc) is 2.62. The van der Waals surface area contributed by atoms with E-state index in [-0.39, 0.29) is 10.8 Å². The fraction of sp³-hybridized carbons (Fsp3) is 0.111. The number of rotatable bonds is 6. The third-order valence-corrected chi connectivity index (χ3v) is 3.40. The zero-order valence-corrected chi connectivity index (χ0v) is 14.8. The number of ether oxygens (including phenoxy) is 1. The summed E-state index contributed by atoms with van der Waals surface area (Å²) in [7, 11) is 0. The molecule has 2 aromatic carbocycles. The molecule has 0 heterocycles. The van der Waals surface area contributed by atoms with Crippen molar-refractivity contribution in [1.29, 1.82) is 0 Å². The number of nitrogens with one attached hydrogen (secondary N) is 2. The maximum Gasteiger partial charge on any atom is 0.269 e. The number of anilines is 1. The van der Waals surface area contributed by atoms with E-state index in [1.54, 1.807) is 42.5 Å². The van der Waals surface area contributed by atoms with Gasteiger partial charge in [-0.2, -0.15) is 0 Å². The second-order valence-electron chi connectivity index (χ2n) is 5.08. The molecule has 0 saturated heterocycles. The van der Waals surface area contributed by atoms with Crippen molar-refractivity contribution in [3.8, 4) is 5.75 Å². The zero-order chi connectivity index (χ0) is 18.9. The van der Waals surface area contributed by atoms with Gasteiger partial charge in [0, 0.05) is 23.9 Å². The molecule has 7 nitrogen and oxygen atoms in total. The van der Waals surface area contributed by atoms with Crippen molar-refractivity contribution in [3.63, 3.8) is 0 Å². The number of hydrogen-bond donors (Lipinski definition) is 2. The van der Waals surface area contributed by atoms with Gasteiger partial charge >= 0.3 is 0 Å². The lowest BCUT2D eigenvalue weighted by molar-refractivity contribution is -0.384. The summed E-state index contributed by atoms with van der Waals surface area (Å²) in [4.78, 5) is 22.0. The lowest BCUT2D eigenvalue weighted by atomic mass is 10.2. The molecule has 0 fully saturated rings. The molecule has 0 unspecified atom stereocenters. The predicted octanol–water partition coefficient (Wildman–Crippen LogP) is 3.52. The molecule has 2 N–H and O–H groups in total. The van der Waals surface area contributed by atoms with Gasteiger partial charge in [0.15, 0.2) is 5.11 Å². The number of amides is 1. The third-order valence-electron chi connectivity index (χ3n) is 3.19. The van der Waals surface area contributed by atoms with Gasteiger partial charge in [0.1, 0.15) is 5.75 Å². The van der Waals surface area contributed by atoms with Crippen LogP contribution in [0.3, 0.4) is 0 Å². The first-order valence-corrected chi connectivity index (χ1v) is 8.16. The topological polar surface area (TPSA) is 93.5 Å². The molecule has 0 radical (unpaired) electrons. The van der Waals surface area contributed by atoms with E-state index in [0.29, 0.717) is 12.2 Å². The summed E-state index contributed by atoms with van der Waals surface area (Å²) in [6, 6.07) is 13.0. The van der Waals surface area contributed by atoms with Crippen LogP contribution in [0.5, 0.6) is 5.75 Å². The van der Waals surface area contributed by atoms with Gasteiger partial charge in [-0.1, -0.05) is 0 Å². The zero-order valence-electron chi connectivity index (χ0n) is 14.0. The summed E-state index contributed by atoms with van der Waals surface area (Å²) in [6.45, 7) is 2.49. The number of non-ortho nitro benzene ring substituents is 1. The first-order chi connectivity index (χ1) is 12.5. The van der Waals surface area contributed by atoms with Gasteiger partial charge in [0.25, 0.3) is 5.69 Å². The van der Waals surface area contributed by atoms with E-state index >= 15 is 0 Å². The molecule has 1 amide bonds. The van der Waals surface area contributed by atoms with Crippen LogP contribution in [0, 0.1) is 10.1 Å². The highest BCUT2D eigenvalue weighted by molar-refractivity contribution is 7.80. The molecule has 0 aliphatic rings. The molecule has 0 aromatic heterocycles. The van der Waals surface area contributed by atoms with Crippen molar-refractivity contribution in [3.05, 3.63) is 70.3 Å². The number of nitrogens with zero attached hydrogens (tertiary/aromatic N) is 1. The second-order valence-corrected chi connectivity index (χ2v) is 5.49. The minimum atomic E-state index is -0.481. The first kappa shape index (κ1) is 19.1. The standard InChI is InChI=1S/C18H17N3O4S/c1-2-25-16-10-6-14(7-11-16)19-18(26)20-17(22)12-5-13-3-8-15(9-4-13)21(23)24/h3-12H,2H2,1H3,(H2,19,20,22,26)/b12-5+. The van der Waals surface area contributed by atoms with Crippen molar-refractivity contribution < 1.29 is 14.5 Å². The molecule has 0 atom stereocenters. The summed E-state index contributed by atoms with van der Waals surface area (Å²) in [5.41, 5.74) is 1.38. The Morgan fingerprint density at radius 2 is 1.85 bits per heavy atom. The minimum absolute atomic E-state index is 0.00710. The molecule has 0 bridgehead atoms. The fourth-order valence-corrected chi connectivity index (χ4v) is 2.21. The highest BCUT2D eigenvalue weighted by Gasteiger charge is 2.04. The quantitative estimate of drug-likeness (QED) is 0.349. The van der Waals surface area contributed by atoms with Crippen LogP contribution in [0.2, 0.25) is 0 Å². The molecule has 2 aromatic rings. The predicted molar refractivity (Wildman–Crippen MR) is 104 cm³/mol. The highest BCUT2D eigenvalue weighted by Crippen LogP contribution is 2.15. The van der Waals surface area contributed by atoms with Gasteiger partial charge in [-0.15, -0.1) is 0 Å². The fourth-order valence-electron chi connectivity index (χ4n) is 2.00. The SMILES string of the molecule is CCOc1ccc(NC(=S)NC(=O)/C=C/c2ccc([N+](=O)[O-])cc2)cc1. The molecule has 26 heavy (non-hydrogen) atoms. The van der Waals surface area contributed by atoms with Gasteiger partial charge in [-0.25, -0.2) is 0 Å². The molecule has 0 aliphatic carbocycles. The van der Waals surface area contributed by atoms with Crippen LogP contribution < -0.4 is 15.4 Å². The maximum absolute atomic E-state index is 11.9. The number of nitro groups is 1. The highest BCUT2D eigenvalue weighted by atomic mass is 32.1. The Morgan fingerprint density at radius 1 is 1.19 bits per heavy atom. The summed E-state index contributed by atoms with van der Waals surface area (Å²) >= 11 is 5.09. The number of carbonyl (C=O) groups excluding carboxylic acids is 1. The third kappa shape index (κ3) is 5.99. The van der Waals surface area contributed by atoms with Crippen molar-refractivity contribution in [2.24, 2.45) is 0 Å². The maximum atomic E-state index is 11.9. The molecule has 134 valence electrons. The molecule has 8 heteroatoms. The summed E-state index contributed by atoms with van der Waals surface area (Å²) < 4.78 is 5.35. The van der Waals surface area contributed by atoms with E-state index in [1.165, 1.54) is 18.2 Å². The Labute approximate surface area is 155 Å². The number of benzene rings is 2. The van der Waals surface area contributed by atoms with E-state index in [2.05, 4.69) is 10.6 Å². The van der Waals surface area contributed by atoms with Gasteiger partial charge in [0.2, 0.25) is 5.91 Å². The van der Waals surface area contributed by atoms with Crippen LogP contribution in [-0.4, -0.2) is 22.5 Å². The Balaban J connectivity index is 1.86. The van der Waals surface area contributed by atoms with Crippen LogP contribution in [0.1, 0.15) is 12.5 Å². The van der Waals surface area contributed by atoms with Crippen molar-refractivity contribution in [1.82, 2.24) is 5.32 Å². The molecule has 2 rings (SSSR count). The molecule has 0 aliphatic heterocycles. The minimum Gasteiger partial charge on any atom is -0.494 e. The van der Waals surface area contributed by atoms with E-state index < -0.39 is 10.8 Å². The normalized spacial score (nSPS) is 10.3. The Kier molecular flexibility index (Phi) is 6.81. The molecule has 0 saturated carbocycles. The number of thiocarbonyl (C=S) groups is 1. The van der Waals surface area contributed by atoms with Crippen molar-refractivity contribution >= 4 is 40.7 Å². The van der Waals surface area contributed by atoms with Crippen LogP contribution >= 0.6 is 12.2 Å². The van der Waals surface area contributed by atoms with Gasteiger partial charge in [-0.3, -0.25) is 20.2 Å². The van der Waals surface area contributed by atoms with Crippen molar-refractivity contribution in [2.75, 3.05) is 11.9 Å². The van der Waals surface area contributed by atoms with E-state index in [4.69, 9.17) is 17.0 Å². The van der Waals surface area contributed by atoms with Crippen LogP contribution in [0.15, 0.2) is 54.6 Å². The lowest BCUT2D eigenvalue weighted by Crippen LogP contribution is -2.32. The molecule has 0 spiro atoms. The van der Waals surface area contributed by atoms with E-state index in [9.17, 15) is 14.9 Å². The monoisotopic (exact) mass is 371 g/mol. The number of nitro benzene ring substituents is 1. The van der Waals surface area contributed by atoms with Crippen LogP contribution in [-0.2, 0) is 4.79 Å². The number of hydrogen-bond acceptors (Lipinski definition) is 5. The summed E-state index contributed by atoms with van der Waals surface area (Å²) in [5.74, 6) is 0.339. The first-order valence-electron chi connectivity index (χ1n) is 7.75. The average molecular weight is 371 g/mol. The van der Waals surface area contributed by atoms with E-state index in [1.807, 2.05) is 6.92 Å². The lowest BCUT2D eigenvalue weighted by Gasteiger charge is -2.09. The van der Waals surface area contributed by atoms with Gasteiger partial charge < -0.3 is 10.1 Å². The number of carbonyl (C=O) groups is 1. The van der Waals surface area contributed by atoms with E-state index in [0.717, 1.165) is 11.4 Å². The molecular formula is C18H17N3O4S. The summed E-state index contributed by atoms with van der Waals surface area (Å²) in [5, 5.41) is 16.2. The second kappa shape index (κ2) is 9.28. The Morgan fingerprint density at radius 3 is 2.42 bits per heavy atom. The largest absolute Gasteiger partial charge is 0.494 e. The smallest absolute Gasteiger partial charge is 0.269 e. The van der Waals surface area contributed by atoms with Gasteiger partial charge in [0.05, 0.1) is 11.5 Å². The molecular weight excluding hydrogens is 354 g/mol. The Hall–Kier alpha value is -3.26. The Bertz CT molecular complexity index is 817. The van der Waals surface area contributed by atoms with Crippen molar-refractivity contribution in [2.45, 2.75) is 6.92 Å². The van der Waals surface area contributed by atoms with Gasteiger partial charge in [-0.05, 0) is 67.2 Å².